The van der Waals surface area contributed by atoms with Crippen molar-refractivity contribution in [2.75, 3.05) is 0 Å². The molecule has 116 valence electrons. The van der Waals surface area contributed by atoms with Gasteiger partial charge in [-0.25, -0.2) is 0 Å². The van der Waals surface area contributed by atoms with Gasteiger partial charge >= 0.3 is 0 Å². The maximum Gasteiger partial charge on any atom is 0.248 e. The number of hydrogen-bond donors (Lipinski definition) is 1. The Morgan fingerprint density at radius 3 is 2.30 bits per heavy atom. The van der Waals surface area contributed by atoms with Crippen molar-refractivity contribution in [1.29, 1.82) is 0 Å². The first kappa shape index (κ1) is 17.0. The van der Waals surface area contributed by atoms with Gasteiger partial charge in [-0.05, 0) is 33.1 Å². The minimum absolute atomic E-state index is 0.0214. The molecule has 2 atom stereocenters. The standard InChI is InChI=1S/C16H30N2O2/c1-7-8-9-10-12(4)18-13(11(2)3)14(19)17-16(5,6)15(18)20/h11-13H,7-10H2,1-6H3,(H,17,19). The zero-order valence-corrected chi connectivity index (χ0v) is 13.8. The van der Waals surface area contributed by atoms with Crippen LogP contribution in [0.5, 0.6) is 0 Å². The summed E-state index contributed by atoms with van der Waals surface area (Å²) in [6, 6.07) is -0.223. The zero-order chi connectivity index (χ0) is 15.5. The summed E-state index contributed by atoms with van der Waals surface area (Å²) in [6.07, 6.45) is 4.41. The molecule has 0 spiro atoms. The number of amides is 2. The van der Waals surface area contributed by atoms with Crippen molar-refractivity contribution in [1.82, 2.24) is 10.2 Å². The van der Waals surface area contributed by atoms with E-state index in [1.54, 1.807) is 13.8 Å². The summed E-state index contributed by atoms with van der Waals surface area (Å²) in [5, 5.41) is 2.86. The lowest BCUT2D eigenvalue weighted by Gasteiger charge is -2.47. The highest BCUT2D eigenvalue weighted by Gasteiger charge is 2.47. The highest BCUT2D eigenvalue weighted by molar-refractivity contribution is 5.99. The van der Waals surface area contributed by atoms with Crippen LogP contribution in [0.3, 0.4) is 0 Å². The molecule has 0 radical (unpaired) electrons. The van der Waals surface area contributed by atoms with Gasteiger partial charge in [0.15, 0.2) is 0 Å². The Bertz CT molecular complexity index is 363. The van der Waals surface area contributed by atoms with Gasteiger partial charge in [-0.3, -0.25) is 9.59 Å². The molecule has 1 aliphatic rings. The summed E-state index contributed by atoms with van der Waals surface area (Å²) in [6.45, 7) is 11.8. The molecule has 20 heavy (non-hydrogen) atoms. The molecule has 1 aliphatic heterocycles. The van der Waals surface area contributed by atoms with Gasteiger partial charge in [0.1, 0.15) is 11.6 Å². The second kappa shape index (κ2) is 6.59. The Kier molecular flexibility index (Phi) is 5.60. The summed E-state index contributed by atoms with van der Waals surface area (Å²) >= 11 is 0. The van der Waals surface area contributed by atoms with Crippen molar-refractivity contribution >= 4 is 11.8 Å². The second-order valence-corrected chi connectivity index (χ2v) is 6.86. The van der Waals surface area contributed by atoms with E-state index in [1.165, 1.54) is 12.8 Å². The van der Waals surface area contributed by atoms with Crippen molar-refractivity contribution in [3.8, 4) is 0 Å². The van der Waals surface area contributed by atoms with Crippen LogP contribution in [0, 0.1) is 5.92 Å². The SMILES string of the molecule is CCCCCC(C)N1C(=O)C(C)(C)NC(=O)C1C(C)C. The van der Waals surface area contributed by atoms with E-state index in [2.05, 4.69) is 19.2 Å². The summed E-state index contributed by atoms with van der Waals surface area (Å²) in [4.78, 5) is 26.9. The maximum absolute atomic E-state index is 12.7. The van der Waals surface area contributed by atoms with Gasteiger partial charge in [-0.1, -0.05) is 40.0 Å². The first-order valence-corrected chi connectivity index (χ1v) is 7.87. The molecule has 0 aromatic heterocycles. The quantitative estimate of drug-likeness (QED) is 0.762. The normalized spacial score (nSPS) is 23.9. The van der Waals surface area contributed by atoms with Crippen LogP contribution in [0.25, 0.3) is 0 Å². The molecule has 4 heteroatoms. The molecule has 1 rings (SSSR count). The minimum Gasteiger partial charge on any atom is -0.340 e. The van der Waals surface area contributed by atoms with Gasteiger partial charge in [0.25, 0.3) is 0 Å². The van der Waals surface area contributed by atoms with E-state index in [0.29, 0.717) is 0 Å². The Labute approximate surface area is 123 Å². The molecule has 0 aliphatic carbocycles. The number of hydrogen-bond acceptors (Lipinski definition) is 2. The summed E-state index contributed by atoms with van der Waals surface area (Å²) in [5.41, 5.74) is -0.790. The van der Waals surface area contributed by atoms with Gasteiger partial charge in [0.05, 0.1) is 0 Å². The van der Waals surface area contributed by atoms with Crippen LogP contribution in [0.2, 0.25) is 0 Å². The van der Waals surface area contributed by atoms with Crippen molar-refractivity contribution < 1.29 is 9.59 Å². The number of rotatable bonds is 6. The first-order chi connectivity index (χ1) is 9.22. The topological polar surface area (TPSA) is 49.4 Å². The third-order valence-electron chi connectivity index (χ3n) is 4.10. The predicted octanol–water partition coefficient (Wildman–Crippen LogP) is 2.72. The molecular formula is C16H30N2O2. The van der Waals surface area contributed by atoms with Crippen LogP contribution in [0.4, 0.5) is 0 Å². The predicted molar refractivity (Wildman–Crippen MR) is 81.3 cm³/mol. The number of carbonyl (C=O) groups is 2. The Morgan fingerprint density at radius 1 is 1.20 bits per heavy atom. The van der Waals surface area contributed by atoms with Gasteiger partial charge < -0.3 is 10.2 Å². The zero-order valence-electron chi connectivity index (χ0n) is 13.8. The smallest absolute Gasteiger partial charge is 0.248 e. The Balaban J connectivity index is 2.94. The molecule has 4 nitrogen and oxygen atoms in total. The second-order valence-electron chi connectivity index (χ2n) is 6.86. The van der Waals surface area contributed by atoms with E-state index in [9.17, 15) is 9.59 Å². The lowest BCUT2D eigenvalue weighted by Crippen LogP contribution is -2.70. The highest BCUT2D eigenvalue weighted by Crippen LogP contribution is 2.26. The molecule has 0 aromatic rings. The van der Waals surface area contributed by atoms with Crippen LogP contribution < -0.4 is 5.32 Å². The fourth-order valence-corrected chi connectivity index (χ4v) is 2.94. The highest BCUT2D eigenvalue weighted by atomic mass is 16.2. The van der Waals surface area contributed by atoms with Crippen LogP contribution in [-0.4, -0.2) is 34.3 Å². The van der Waals surface area contributed by atoms with E-state index in [-0.39, 0.29) is 29.8 Å². The van der Waals surface area contributed by atoms with E-state index < -0.39 is 5.54 Å². The van der Waals surface area contributed by atoms with Gasteiger partial charge in [0, 0.05) is 6.04 Å². The molecule has 2 unspecified atom stereocenters. The van der Waals surface area contributed by atoms with Crippen LogP contribution in [0.15, 0.2) is 0 Å². The largest absolute Gasteiger partial charge is 0.340 e. The summed E-state index contributed by atoms with van der Waals surface area (Å²) < 4.78 is 0. The summed E-state index contributed by atoms with van der Waals surface area (Å²) in [5.74, 6) is 0.149. The van der Waals surface area contributed by atoms with E-state index >= 15 is 0 Å². The number of piperazine rings is 1. The minimum atomic E-state index is -0.790. The van der Waals surface area contributed by atoms with Crippen LogP contribution >= 0.6 is 0 Å². The molecule has 1 N–H and O–H groups in total. The molecule has 0 bridgehead atoms. The third kappa shape index (κ3) is 3.53. The van der Waals surface area contributed by atoms with Crippen molar-refractivity contribution in [3.05, 3.63) is 0 Å². The maximum atomic E-state index is 12.7. The van der Waals surface area contributed by atoms with E-state index in [4.69, 9.17) is 0 Å². The molecule has 1 fully saturated rings. The molecule has 2 amide bonds. The average Bonchev–Trinajstić information content (AvgIpc) is 2.32. The average molecular weight is 282 g/mol. The number of carbonyl (C=O) groups excluding carboxylic acids is 2. The molecule has 1 saturated heterocycles. The van der Waals surface area contributed by atoms with Crippen molar-refractivity contribution in [2.45, 2.75) is 84.8 Å². The first-order valence-electron chi connectivity index (χ1n) is 7.87. The lowest BCUT2D eigenvalue weighted by molar-refractivity contribution is -0.158. The summed E-state index contributed by atoms with van der Waals surface area (Å²) in [7, 11) is 0. The number of nitrogens with zero attached hydrogens (tertiary/aromatic N) is 1. The Hall–Kier alpha value is -1.06. The third-order valence-corrected chi connectivity index (χ3v) is 4.10. The number of nitrogens with one attached hydrogen (secondary N) is 1. The van der Waals surface area contributed by atoms with Crippen LogP contribution in [0.1, 0.15) is 67.2 Å². The Morgan fingerprint density at radius 2 is 1.80 bits per heavy atom. The van der Waals surface area contributed by atoms with E-state index in [1.807, 2.05) is 18.7 Å². The van der Waals surface area contributed by atoms with Gasteiger partial charge in [-0.15, -0.1) is 0 Å². The fraction of sp³-hybridized carbons (Fsp3) is 0.875. The molecular weight excluding hydrogens is 252 g/mol. The fourth-order valence-electron chi connectivity index (χ4n) is 2.94. The van der Waals surface area contributed by atoms with Crippen LogP contribution in [-0.2, 0) is 9.59 Å². The van der Waals surface area contributed by atoms with Gasteiger partial charge in [-0.2, -0.15) is 0 Å². The number of unbranched alkanes of at least 4 members (excludes halogenated alkanes) is 2. The van der Waals surface area contributed by atoms with Crippen molar-refractivity contribution in [2.24, 2.45) is 5.92 Å². The monoisotopic (exact) mass is 282 g/mol. The van der Waals surface area contributed by atoms with E-state index in [0.717, 1.165) is 12.8 Å². The van der Waals surface area contributed by atoms with Gasteiger partial charge in [0.2, 0.25) is 11.8 Å². The molecule has 0 aromatic carbocycles. The lowest BCUT2D eigenvalue weighted by atomic mass is 9.89. The molecule has 0 saturated carbocycles. The van der Waals surface area contributed by atoms with Crippen molar-refractivity contribution in [3.63, 3.8) is 0 Å². The molecule has 1 heterocycles.